The molecule has 0 radical (unpaired) electrons. The number of amides is 2. The van der Waals surface area contributed by atoms with Crippen LogP contribution in [0.2, 0.25) is 5.02 Å². The second-order valence-electron chi connectivity index (χ2n) is 6.96. The van der Waals surface area contributed by atoms with Gasteiger partial charge in [-0.1, -0.05) is 23.7 Å². The molecule has 136 valence electrons. The van der Waals surface area contributed by atoms with Crippen molar-refractivity contribution in [3.05, 3.63) is 34.9 Å². The lowest BCUT2D eigenvalue weighted by Gasteiger charge is -2.33. The highest BCUT2D eigenvalue weighted by molar-refractivity contribution is 6.30. The number of hydrogen-bond acceptors (Lipinski definition) is 4. The minimum atomic E-state index is -0.387. The van der Waals surface area contributed by atoms with Crippen LogP contribution in [0, 0.1) is 0 Å². The molecule has 1 aromatic rings. The molecule has 2 fully saturated rings. The monoisotopic (exact) mass is 365 g/mol. The third-order valence-corrected chi connectivity index (χ3v) is 5.12. The van der Waals surface area contributed by atoms with Crippen molar-refractivity contribution in [3.8, 4) is 0 Å². The highest BCUT2D eigenvalue weighted by Crippen LogP contribution is 2.24. The first-order valence-corrected chi connectivity index (χ1v) is 8.93. The summed E-state index contributed by atoms with van der Waals surface area (Å²) >= 11 is 5.95. The van der Waals surface area contributed by atoms with Gasteiger partial charge in [0.1, 0.15) is 0 Å². The number of piperazine rings is 1. The van der Waals surface area contributed by atoms with Crippen LogP contribution in [0.3, 0.4) is 0 Å². The number of nitrogens with zero attached hydrogens (tertiary/aromatic N) is 2. The van der Waals surface area contributed by atoms with E-state index in [0.717, 1.165) is 18.5 Å². The van der Waals surface area contributed by atoms with Crippen LogP contribution in [0.4, 0.5) is 0 Å². The van der Waals surface area contributed by atoms with Crippen molar-refractivity contribution in [3.63, 3.8) is 0 Å². The summed E-state index contributed by atoms with van der Waals surface area (Å²) < 4.78 is 5.56. The summed E-state index contributed by atoms with van der Waals surface area (Å²) in [6, 6.07) is 7.68. The SMILES string of the molecule is CN1CCN(CC(=O)NC2(Cc3ccc(Cl)cc3)CCOC2)CC1=O. The van der Waals surface area contributed by atoms with Gasteiger partial charge in [-0.05, 0) is 30.5 Å². The Morgan fingerprint density at radius 1 is 1.32 bits per heavy atom. The minimum absolute atomic E-state index is 0.0547. The second kappa shape index (κ2) is 7.72. The summed E-state index contributed by atoms with van der Waals surface area (Å²) in [5, 5.41) is 3.86. The molecule has 0 bridgehead atoms. The second-order valence-corrected chi connectivity index (χ2v) is 7.40. The Labute approximate surface area is 153 Å². The molecule has 1 unspecified atom stereocenters. The number of nitrogens with one attached hydrogen (secondary N) is 1. The summed E-state index contributed by atoms with van der Waals surface area (Å²) in [5.74, 6) is -0.00376. The molecule has 6 nitrogen and oxygen atoms in total. The quantitative estimate of drug-likeness (QED) is 0.843. The Morgan fingerprint density at radius 3 is 2.72 bits per heavy atom. The maximum absolute atomic E-state index is 12.6. The molecule has 7 heteroatoms. The molecule has 0 aliphatic carbocycles. The van der Waals surface area contributed by atoms with E-state index in [0.29, 0.717) is 37.7 Å². The Kier molecular flexibility index (Phi) is 5.61. The molecule has 1 N–H and O–H groups in total. The van der Waals surface area contributed by atoms with Gasteiger partial charge in [0.25, 0.3) is 0 Å². The first-order chi connectivity index (χ1) is 12.0. The van der Waals surface area contributed by atoms with Gasteiger partial charge in [-0.3, -0.25) is 14.5 Å². The summed E-state index contributed by atoms with van der Waals surface area (Å²) in [5.41, 5.74) is 0.728. The molecule has 25 heavy (non-hydrogen) atoms. The molecule has 2 aliphatic rings. The fraction of sp³-hybridized carbons (Fsp3) is 0.556. The molecule has 2 amide bonds. The summed E-state index contributed by atoms with van der Waals surface area (Å²) in [7, 11) is 1.79. The molecule has 0 spiro atoms. The standard InChI is InChI=1S/C18H24ClN3O3/c1-21-7-8-22(12-17(21)24)11-16(23)20-18(6-9-25-13-18)10-14-2-4-15(19)5-3-14/h2-5H,6-13H2,1H3,(H,20,23). The highest BCUT2D eigenvalue weighted by atomic mass is 35.5. The van der Waals surface area contributed by atoms with Crippen LogP contribution in [0.1, 0.15) is 12.0 Å². The van der Waals surface area contributed by atoms with E-state index < -0.39 is 0 Å². The lowest BCUT2D eigenvalue weighted by Crippen LogP contribution is -2.56. The van der Waals surface area contributed by atoms with Crippen LogP contribution in [0.25, 0.3) is 0 Å². The van der Waals surface area contributed by atoms with Crippen LogP contribution >= 0.6 is 11.6 Å². The smallest absolute Gasteiger partial charge is 0.236 e. The summed E-state index contributed by atoms with van der Waals surface area (Å²) in [6.07, 6.45) is 1.49. The third-order valence-electron chi connectivity index (χ3n) is 4.87. The van der Waals surface area contributed by atoms with Crippen molar-refractivity contribution >= 4 is 23.4 Å². The van der Waals surface area contributed by atoms with Crippen LogP contribution in [-0.4, -0.2) is 73.6 Å². The average Bonchev–Trinajstić information content (AvgIpc) is 3.01. The van der Waals surface area contributed by atoms with E-state index in [1.165, 1.54) is 0 Å². The van der Waals surface area contributed by atoms with Gasteiger partial charge in [0, 0.05) is 31.8 Å². The lowest BCUT2D eigenvalue weighted by molar-refractivity contribution is -0.135. The Balaban J connectivity index is 1.60. The van der Waals surface area contributed by atoms with Crippen LogP contribution in [-0.2, 0) is 20.7 Å². The van der Waals surface area contributed by atoms with E-state index in [2.05, 4.69) is 5.32 Å². The van der Waals surface area contributed by atoms with Crippen LogP contribution in [0.15, 0.2) is 24.3 Å². The van der Waals surface area contributed by atoms with E-state index in [1.807, 2.05) is 29.2 Å². The van der Waals surface area contributed by atoms with Crippen molar-refractivity contribution in [2.75, 3.05) is 46.4 Å². The number of carbonyl (C=O) groups excluding carboxylic acids is 2. The van der Waals surface area contributed by atoms with E-state index in [-0.39, 0.29) is 23.9 Å². The highest BCUT2D eigenvalue weighted by Gasteiger charge is 2.37. The predicted molar refractivity (Wildman–Crippen MR) is 95.5 cm³/mol. The van der Waals surface area contributed by atoms with Gasteiger partial charge in [-0.15, -0.1) is 0 Å². The number of rotatable bonds is 5. The molecule has 2 saturated heterocycles. The maximum Gasteiger partial charge on any atom is 0.236 e. The fourth-order valence-electron chi connectivity index (χ4n) is 3.36. The van der Waals surface area contributed by atoms with Crippen LogP contribution in [0.5, 0.6) is 0 Å². The predicted octanol–water partition coefficient (Wildman–Crippen LogP) is 0.932. The average molecular weight is 366 g/mol. The molecular formula is C18H24ClN3O3. The van der Waals surface area contributed by atoms with E-state index in [9.17, 15) is 9.59 Å². The minimum Gasteiger partial charge on any atom is -0.379 e. The molecule has 0 saturated carbocycles. The zero-order valence-electron chi connectivity index (χ0n) is 14.5. The van der Waals surface area contributed by atoms with Gasteiger partial charge < -0.3 is 15.0 Å². The number of likely N-dealkylation sites (N-methyl/N-ethyl adjacent to an activating group) is 1. The number of carbonyl (C=O) groups is 2. The zero-order valence-corrected chi connectivity index (χ0v) is 15.2. The molecule has 1 aromatic carbocycles. The maximum atomic E-state index is 12.6. The topological polar surface area (TPSA) is 61.9 Å². The van der Waals surface area contributed by atoms with E-state index in [1.54, 1.807) is 11.9 Å². The zero-order chi connectivity index (χ0) is 17.9. The number of benzene rings is 1. The largest absolute Gasteiger partial charge is 0.379 e. The molecule has 3 rings (SSSR count). The molecule has 1 atom stereocenters. The first-order valence-electron chi connectivity index (χ1n) is 8.55. The molecule has 0 aromatic heterocycles. The first kappa shape index (κ1) is 18.2. The Bertz CT molecular complexity index is 629. The Morgan fingerprint density at radius 2 is 2.08 bits per heavy atom. The number of halogens is 1. The fourth-order valence-corrected chi connectivity index (χ4v) is 3.49. The number of ether oxygens (including phenoxy) is 1. The van der Waals surface area contributed by atoms with Gasteiger partial charge in [-0.25, -0.2) is 0 Å². The van der Waals surface area contributed by atoms with Crippen LogP contribution < -0.4 is 5.32 Å². The van der Waals surface area contributed by atoms with Gasteiger partial charge >= 0.3 is 0 Å². The Hall–Kier alpha value is -1.63. The summed E-state index contributed by atoms with van der Waals surface area (Å²) in [6.45, 7) is 3.05. The van der Waals surface area contributed by atoms with Gasteiger partial charge in [0.2, 0.25) is 11.8 Å². The van der Waals surface area contributed by atoms with Crippen molar-refractivity contribution in [1.82, 2.24) is 15.1 Å². The van der Waals surface area contributed by atoms with Gasteiger partial charge in [-0.2, -0.15) is 0 Å². The van der Waals surface area contributed by atoms with Gasteiger partial charge in [0.15, 0.2) is 0 Å². The van der Waals surface area contributed by atoms with Gasteiger partial charge in [0.05, 0.1) is 25.2 Å². The molecule has 2 aliphatic heterocycles. The van der Waals surface area contributed by atoms with Crippen molar-refractivity contribution in [2.45, 2.75) is 18.4 Å². The lowest BCUT2D eigenvalue weighted by atomic mass is 9.90. The van der Waals surface area contributed by atoms with Crippen molar-refractivity contribution in [2.24, 2.45) is 0 Å². The summed E-state index contributed by atoms with van der Waals surface area (Å²) in [4.78, 5) is 27.9. The van der Waals surface area contributed by atoms with E-state index >= 15 is 0 Å². The number of hydrogen-bond donors (Lipinski definition) is 1. The molecular weight excluding hydrogens is 342 g/mol. The third kappa shape index (κ3) is 4.71. The van der Waals surface area contributed by atoms with Crippen molar-refractivity contribution < 1.29 is 14.3 Å². The van der Waals surface area contributed by atoms with Crippen molar-refractivity contribution in [1.29, 1.82) is 0 Å². The normalized spacial score (nSPS) is 24.6. The van der Waals surface area contributed by atoms with E-state index in [4.69, 9.17) is 16.3 Å². The molecule has 2 heterocycles.